The Kier molecular flexibility index (Phi) is 5.14. The quantitative estimate of drug-likeness (QED) is 0.273. The Morgan fingerprint density at radius 1 is 1.12 bits per heavy atom. The summed E-state index contributed by atoms with van der Waals surface area (Å²) in [5.41, 5.74) is 2.49. The van der Waals surface area contributed by atoms with Crippen molar-refractivity contribution in [3.05, 3.63) is 89.3 Å². The van der Waals surface area contributed by atoms with Crippen LogP contribution in [0.4, 0.5) is 5.13 Å². The van der Waals surface area contributed by atoms with Gasteiger partial charge in [0.1, 0.15) is 11.5 Å². The molecule has 1 fully saturated rings. The number of aryl methyl sites for hydroxylation is 1. The molecule has 1 aliphatic heterocycles. The van der Waals surface area contributed by atoms with Gasteiger partial charge in [0.2, 0.25) is 0 Å². The highest BCUT2D eigenvalue weighted by Gasteiger charge is 2.48. The van der Waals surface area contributed by atoms with E-state index in [-0.39, 0.29) is 11.3 Å². The summed E-state index contributed by atoms with van der Waals surface area (Å²) >= 11 is 1.31. The first kappa shape index (κ1) is 20.8. The summed E-state index contributed by atoms with van der Waals surface area (Å²) < 4.78 is 6.30. The van der Waals surface area contributed by atoms with Crippen LogP contribution in [0, 0.1) is 6.92 Å². The Balaban J connectivity index is 1.76. The molecule has 1 amide bonds. The first-order chi connectivity index (χ1) is 16.0. The lowest BCUT2D eigenvalue weighted by atomic mass is 9.95. The molecule has 0 bridgehead atoms. The predicted molar refractivity (Wildman–Crippen MR) is 126 cm³/mol. The van der Waals surface area contributed by atoms with E-state index in [1.807, 2.05) is 37.3 Å². The van der Waals surface area contributed by atoms with Crippen molar-refractivity contribution in [3.8, 4) is 5.75 Å². The molecule has 1 atom stereocenters. The van der Waals surface area contributed by atoms with Crippen molar-refractivity contribution in [2.75, 3.05) is 12.0 Å². The molecular weight excluding hydrogens is 438 g/mol. The van der Waals surface area contributed by atoms with Crippen molar-refractivity contribution >= 4 is 44.1 Å². The van der Waals surface area contributed by atoms with Crippen molar-refractivity contribution in [1.82, 2.24) is 9.97 Å². The second-order valence-electron chi connectivity index (χ2n) is 7.62. The Morgan fingerprint density at radius 2 is 1.94 bits per heavy atom. The van der Waals surface area contributed by atoms with Crippen molar-refractivity contribution in [1.29, 1.82) is 0 Å². The van der Waals surface area contributed by atoms with Crippen molar-refractivity contribution in [3.63, 3.8) is 0 Å². The van der Waals surface area contributed by atoms with Gasteiger partial charge in [0.05, 0.1) is 34.5 Å². The number of anilines is 1. The highest BCUT2D eigenvalue weighted by Crippen LogP contribution is 2.44. The van der Waals surface area contributed by atoms with Gasteiger partial charge in [-0.05, 0) is 42.8 Å². The number of aromatic nitrogens is 2. The number of ether oxygens (including phenoxy) is 1. The Labute approximate surface area is 193 Å². The average molecular weight is 458 g/mol. The maximum atomic E-state index is 13.3. The molecule has 5 rings (SSSR count). The lowest BCUT2D eigenvalue weighted by Gasteiger charge is -2.22. The molecule has 3 heterocycles. The SMILES string of the molecule is COc1ccc(C)cc1/C(O)=C1\C(=O)C(=O)N(c2nc3ccccc3s2)C1c1cccnc1. The molecule has 2 aromatic carbocycles. The van der Waals surface area contributed by atoms with Gasteiger partial charge < -0.3 is 9.84 Å². The Hall–Kier alpha value is -4.04. The normalized spacial score (nSPS) is 17.6. The van der Waals surface area contributed by atoms with Crippen LogP contribution in [-0.4, -0.2) is 33.9 Å². The first-order valence-electron chi connectivity index (χ1n) is 10.2. The second-order valence-corrected chi connectivity index (χ2v) is 8.63. The van der Waals surface area contributed by atoms with E-state index in [9.17, 15) is 14.7 Å². The number of carbonyl (C=O) groups is 2. The number of rotatable bonds is 4. The highest BCUT2D eigenvalue weighted by molar-refractivity contribution is 7.22. The van der Waals surface area contributed by atoms with Crippen molar-refractivity contribution < 1.29 is 19.4 Å². The molecule has 7 nitrogen and oxygen atoms in total. The molecule has 0 aliphatic carbocycles. The second kappa shape index (κ2) is 8.14. The number of aliphatic hydroxyl groups is 1. The number of ketones is 1. The van der Waals surface area contributed by atoms with Gasteiger partial charge in [0, 0.05) is 12.4 Å². The van der Waals surface area contributed by atoms with Crippen molar-refractivity contribution in [2.45, 2.75) is 13.0 Å². The third kappa shape index (κ3) is 3.44. The largest absolute Gasteiger partial charge is 0.507 e. The maximum Gasteiger partial charge on any atom is 0.301 e. The Bertz CT molecular complexity index is 1400. The van der Waals surface area contributed by atoms with E-state index in [0.717, 1.165) is 15.8 Å². The van der Waals surface area contributed by atoms with Gasteiger partial charge >= 0.3 is 5.91 Å². The number of para-hydroxylation sites is 1. The number of pyridine rings is 1. The van der Waals surface area contributed by atoms with Gasteiger partial charge in [-0.15, -0.1) is 0 Å². The molecule has 1 saturated heterocycles. The molecular formula is C25H19N3O4S. The zero-order valence-electron chi connectivity index (χ0n) is 17.9. The van der Waals surface area contributed by atoms with Gasteiger partial charge in [0.25, 0.3) is 5.78 Å². The molecule has 8 heteroatoms. The molecule has 1 aliphatic rings. The number of aliphatic hydroxyl groups excluding tert-OH is 1. The van der Waals surface area contributed by atoms with Crippen LogP contribution in [0.15, 0.2) is 72.6 Å². The third-order valence-corrected chi connectivity index (χ3v) is 6.58. The van der Waals surface area contributed by atoms with E-state index in [2.05, 4.69) is 9.97 Å². The zero-order valence-corrected chi connectivity index (χ0v) is 18.7. The summed E-state index contributed by atoms with van der Waals surface area (Å²) in [5.74, 6) is -1.44. The average Bonchev–Trinajstić information content (AvgIpc) is 3.37. The molecule has 1 N–H and O–H groups in total. The highest BCUT2D eigenvalue weighted by atomic mass is 32.1. The number of Topliss-reactive ketones (excluding diaryl/α,β-unsaturated/α-hetero) is 1. The van der Waals surface area contributed by atoms with Crippen LogP contribution in [0.1, 0.15) is 22.7 Å². The molecule has 33 heavy (non-hydrogen) atoms. The van der Waals surface area contributed by atoms with E-state index in [0.29, 0.717) is 22.0 Å². The van der Waals surface area contributed by atoms with Gasteiger partial charge in [-0.2, -0.15) is 0 Å². The lowest BCUT2D eigenvalue weighted by Crippen LogP contribution is -2.29. The van der Waals surface area contributed by atoms with E-state index in [4.69, 9.17) is 4.74 Å². The van der Waals surface area contributed by atoms with E-state index < -0.39 is 17.7 Å². The number of hydrogen-bond donors (Lipinski definition) is 1. The number of hydrogen-bond acceptors (Lipinski definition) is 7. The number of methoxy groups -OCH3 is 1. The number of fused-ring (bicyclic) bond motifs is 1. The van der Waals surface area contributed by atoms with Crippen LogP contribution < -0.4 is 9.64 Å². The molecule has 1 unspecified atom stereocenters. The first-order valence-corrected chi connectivity index (χ1v) is 11.0. The molecule has 164 valence electrons. The monoisotopic (exact) mass is 457 g/mol. The minimum absolute atomic E-state index is 0.0313. The minimum Gasteiger partial charge on any atom is -0.507 e. The summed E-state index contributed by atoms with van der Waals surface area (Å²) in [7, 11) is 1.49. The zero-order chi connectivity index (χ0) is 23.1. The number of benzene rings is 2. The van der Waals surface area contributed by atoms with E-state index in [1.165, 1.54) is 23.3 Å². The summed E-state index contributed by atoms with van der Waals surface area (Å²) in [5, 5.41) is 11.7. The van der Waals surface area contributed by atoms with Gasteiger partial charge in [-0.25, -0.2) is 4.98 Å². The van der Waals surface area contributed by atoms with Crippen LogP contribution in [0.2, 0.25) is 0 Å². The fraction of sp³-hybridized carbons (Fsp3) is 0.120. The van der Waals surface area contributed by atoms with Gasteiger partial charge in [-0.1, -0.05) is 41.2 Å². The molecule has 2 aromatic heterocycles. The van der Waals surface area contributed by atoms with Crippen LogP contribution in [0.25, 0.3) is 16.0 Å². The van der Waals surface area contributed by atoms with Crippen LogP contribution >= 0.6 is 11.3 Å². The number of carbonyl (C=O) groups excluding carboxylic acids is 2. The summed E-state index contributed by atoms with van der Waals surface area (Å²) in [4.78, 5) is 36.7. The molecule has 0 spiro atoms. The molecule has 0 radical (unpaired) electrons. The number of nitrogens with zero attached hydrogens (tertiary/aromatic N) is 3. The smallest absolute Gasteiger partial charge is 0.301 e. The van der Waals surface area contributed by atoms with E-state index in [1.54, 1.807) is 36.7 Å². The fourth-order valence-electron chi connectivity index (χ4n) is 4.00. The third-order valence-electron chi connectivity index (χ3n) is 5.54. The standard InChI is InChI=1S/C25H19N3O4S/c1-14-9-10-18(32-2)16(12-14)22(29)20-21(15-6-5-11-26-13-15)28(24(31)23(20)30)25-27-17-7-3-4-8-19(17)33-25/h3-13,21,29H,1-2H3/b22-20+. The molecule has 0 saturated carbocycles. The van der Waals surface area contributed by atoms with Gasteiger partial charge in [-0.3, -0.25) is 19.5 Å². The maximum absolute atomic E-state index is 13.3. The number of thiazole rings is 1. The summed E-state index contributed by atoms with van der Waals surface area (Å²) in [6.07, 6.45) is 3.19. The fourth-order valence-corrected chi connectivity index (χ4v) is 4.99. The summed E-state index contributed by atoms with van der Waals surface area (Å²) in [6.45, 7) is 1.87. The molecule has 4 aromatic rings. The van der Waals surface area contributed by atoms with E-state index >= 15 is 0 Å². The summed E-state index contributed by atoms with van der Waals surface area (Å²) in [6, 6.07) is 15.4. The minimum atomic E-state index is -0.885. The van der Waals surface area contributed by atoms with Crippen LogP contribution in [0.5, 0.6) is 5.75 Å². The van der Waals surface area contributed by atoms with Crippen molar-refractivity contribution in [2.24, 2.45) is 0 Å². The lowest BCUT2D eigenvalue weighted by molar-refractivity contribution is -0.132. The Morgan fingerprint density at radius 3 is 2.67 bits per heavy atom. The predicted octanol–water partition coefficient (Wildman–Crippen LogP) is 4.63. The van der Waals surface area contributed by atoms with Crippen LogP contribution in [0.3, 0.4) is 0 Å². The topological polar surface area (TPSA) is 92.6 Å². The van der Waals surface area contributed by atoms with Crippen LogP contribution in [-0.2, 0) is 9.59 Å². The van der Waals surface area contributed by atoms with Gasteiger partial charge in [0.15, 0.2) is 5.13 Å². The number of amides is 1.